The molecule has 2 nitrogen and oxygen atoms in total. The lowest BCUT2D eigenvalue weighted by molar-refractivity contribution is 0.244. The van der Waals surface area contributed by atoms with Crippen LogP contribution in [0.5, 0.6) is 0 Å². The van der Waals surface area contributed by atoms with Crippen LogP contribution in [0.1, 0.15) is 33.1 Å². The Morgan fingerprint density at radius 1 is 1.17 bits per heavy atom. The van der Waals surface area contributed by atoms with Gasteiger partial charge in [-0.25, -0.2) is 0 Å². The normalized spacial score (nSPS) is 30.3. The van der Waals surface area contributed by atoms with Gasteiger partial charge >= 0.3 is 0 Å². The van der Waals surface area contributed by atoms with Crippen molar-refractivity contribution in [2.24, 2.45) is 17.8 Å². The monoisotopic (exact) mass is 292 g/mol. The lowest BCUT2D eigenvalue weighted by Gasteiger charge is -2.36. The van der Waals surface area contributed by atoms with E-state index in [2.05, 4.69) is 13.8 Å². The van der Waals surface area contributed by atoms with E-state index in [9.17, 15) is 0 Å². The molecule has 0 radical (unpaired) electrons. The summed E-state index contributed by atoms with van der Waals surface area (Å²) in [6.45, 7) is 5.32. The third kappa shape index (κ3) is 5.72. The van der Waals surface area contributed by atoms with Gasteiger partial charge in [0.2, 0.25) is 0 Å². The minimum Gasteiger partial charge on any atom is -0.396 e. The highest BCUT2D eigenvalue weighted by molar-refractivity contribution is 8.00. The molecular formula is C14H28O2S2. The summed E-state index contributed by atoms with van der Waals surface area (Å²) in [5.41, 5.74) is 0. The second-order valence-corrected chi connectivity index (χ2v) is 7.96. The lowest BCUT2D eigenvalue weighted by atomic mass is 9.77. The Labute approximate surface area is 120 Å². The first-order chi connectivity index (χ1) is 8.69. The van der Waals surface area contributed by atoms with Crippen molar-refractivity contribution in [3.63, 3.8) is 0 Å². The summed E-state index contributed by atoms with van der Waals surface area (Å²) in [6, 6.07) is 0. The zero-order chi connectivity index (χ0) is 13.4. The van der Waals surface area contributed by atoms with E-state index in [1.54, 1.807) is 0 Å². The van der Waals surface area contributed by atoms with Crippen LogP contribution in [0.3, 0.4) is 0 Å². The summed E-state index contributed by atoms with van der Waals surface area (Å²) in [6.07, 6.45) is 4.01. The van der Waals surface area contributed by atoms with Gasteiger partial charge in [0.1, 0.15) is 0 Å². The molecule has 0 amide bonds. The number of hydrogen-bond acceptors (Lipinski definition) is 4. The van der Waals surface area contributed by atoms with Crippen molar-refractivity contribution in [2.45, 2.75) is 38.4 Å². The van der Waals surface area contributed by atoms with Gasteiger partial charge in [0.15, 0.2) is 0 Å². The van der Waals surface area contributed by atoms with Gasteiger partial charge in [-0.3, -0.25) is 0 Å². The summed E-state index contributed by atoms with van der Waals surface area (Å²) >= 11 is 3.84. The zero-order valence-electron chi connectivity index (χ0n) is 11.7. The summed E-state index contributed by atoms with van der Waals surface area (Å²) in [5.74, 6) is 5.33. The van der Waals surface area contributed by atoms with E-state index in [-0.39, 0.29) is 0 Å². The second kappa shape index (κ2) is 9.51. The van der Waals surface area contributed by atoms with Crippen LogP contribution in [0.25, 0.3) is 0 Å². The van der Waals surface area contributed by atoms with Crippen LogP contribution < -0.4 is 0 Å². The van der Waals surface area contributed by atoms with Crippen LogP contribution in [0.15, 0.2) is 0 Å². The molecule has 0 saturated heterocycles. The summed E-state index contributed by atoms with van der Waals surface area (Å²) < 4.78 is 0. The van der Waals surface area contributed by atoms with Crippen LogP contribution in [0.2, 0.25) is 0 Å². The first-order valence-electron chi connectivity index (χ1n) is 7.10. The van der Waals surface area contributed by atoms with Crippen molar-refractivity contribution < 1.29 is 10.2 Å². The Morgan fingerprint density at radius 2 is 1.89 bits per heavy atom. The van der Waals surface area contributed by atoms with Crippen molar-refractivity contribution >= 4 is 23.5 Å². The number of hydrogen-bond donors (Lipinski definition) is 2. The fourth-order valence-electron chi connectivity index (χ4n) is 2.73. The van der Waals surface area contributed by atoms with Crippen molar-refractivity contribution in [1.29, 1.82) is 0 Å². The predicted molar refractivity (Wildman–Crippen MR) is 83.4 cm³/mol. The summed E-state index contributed by atoms with van der Waals surface area (Å²) in [4.78, 5) is 0. The number of thioether (sulfide) groups is 2. The Morgan fingerprint density at radius 3 is 2.56 bits per heavy atom. The third-order valence-electron chi connectivity index (χ3n) is 4.01. The highest BCUT2D eigenvalue weighted by Crippen LogP contribution is 2.40. The minimum atomic E-state index is 0.300. The first-order valence-corrected chi connectivity index (χ1v) is 9.30. The first kappa shape index (κ1) is 16.7. The molecule has 2 N–H and O–H groups in total. The molecular weight excluding hydrogens is 264 g/mol. The molecule has 0 bridgehead atoms. The van der Waals surface area contributed by atoms with Gasteiger partial charge < -0.3 is 10.2 Å². The van der Waals surface area contributed by atoms with E-state index in [1.807, 2.05) is 23.5 Å². The van der Waals surface area contributed by atoms with Crippen LogP contribution >= 0.6 is 23.5 Å². The van der Waals surface area contributed by atoms with Crippen molar-refractivity contribution in [1.82, 2.24) is 0 Å². The Hall–Kier alpha value is 0.620. The number of aliphatic hydroxyl groups excluding tert-OH is 2. The fourth-order valence-corrected chi connectivity index (χ4v) is 4.93. The maximum Gasteiger partial charge on any atom is 0.0521 e. The van der Waals surface area contributed by atoms with E-state index < -0.39 is 0 Å². The van der Waals surface area contributed by atoms with E-state index in [4.69, 9.17) is 10.2 Å². The quantitative estimate of drug-likeness (QED) is 0.675. The van der Waals surface area contributed by atoms with E-state index in [0.29, 0.717) is 13.2 Å². The maximum atomic E-state index is 8.95. The van der Waals surface area contributed by atoms with E-state index >= 15 is 0 Å². The molecule has 18 heavy (non-hydrogen) atoms. The minimum absolute atomic E-state index is 0.300. The molecule has 1 aliphatic rings. The molecule has 108 valence electrons. The molecule has 1 aliphatic carbocycles. The third-order valence-corrected chi connectivity index (χ3v) is 6.74. The SMILES string of the molecule is C[C@H](CSCCO)[C@@H]1CC[C@@H](C)[C@@H](SCCO)C1. The topological polar surface area (TPSA) is 40.5 Å². The van der Waals surface area contributed by atoms with Crippen LogP contribution in [0.4, 0.5) is 0 Å². The van der Waals surface area contributed by atoms with Crippen LogP contribution in [-0.2, 0) is 0 Å². The van der Waals surface area contributed by atoms with Gasteiger partial charge in [0, 0.05) is 16.8 Å². The Bertz CT molecular complexity index is 214. The fraction of sp³-hybridized carbons (Fsp3) is 1.00. The van der Waals surface area contributed by atoms with Gasteiger partial charge in [-0.05, 0) is 42.8 Å². The molecule has 0 heterocycles. The molecule has 4 heteroatoms. The molecule has 4 atom stereocenters. The van der Waals surface area contributed by atoms with Gasteiger partial charge in [0.05, 0.1) is 13.2 Å². The highest BCUT2D eigenvalue weighted by atomic mass is 32.2. The Kier molecular flexibility index (Phi) is 8.81. The molecule has 0 aromatic heterocycles. The summed E-state index contributed by atoms with van der Waals surface area (Å²) in [7, 11) is 0. The van der Waals surface area contributed by atoms with Gasteiger partial charge in [-0.15, -0.1) is 0 Å². The largest absolute Gasteiger partial charge is 0.396 e. The molecule has 1 rings (SSSR count). The molecule has 0 aliphatic heterocycles. The highest BCUT2D eigenvalue weighted by Gasteiger charge is 2.30. The average Bonchev–Trinajstić information content (AvgIpc) is 2.38. The van der Waals surface area contributed by atoms with E-state index in [0.717, 1.165) is 34.5 Å². The molecule has 0 unspecified atom stereocenters. The number of aliphatic hydroxyl groups is 2. The standard InChI is InChI=1S/C14H28O2S2/c1-11-3-4-13(9-14(11)18-8-6-16)12(2)10-17-7-5-15/h11-16H,3-10H2,1-2H3/t11-,12-,13-,14+/m1/s1. The number of rotatable bonds is 8. The van der Waals surface area contributed by atoms with Crippen molar-refractivity contribution in [2.75, 3.05) is 30.5 Å². The average molecular weight is 293 g/mol. The molecule has 0 aromatic carbocycles. The van der Waals surface area contributed by atoms with Gasteiger partial charge in [0.25, 0.3) is 0 Å². The molecule has 0 spiro atoms. The van der Waals surface area contributed by atoms with Crippen LogP contribution in [-0.4, -0.2) is 45.9 Å². The Balaban J connectivity index is 2.33. The molecule has 1 fully saturated rings. The summed E-state index contributed by atoms with van der Waals surface area (Å²) in [5, 5.41) is 18.5. The second-order valence-electron chi connectivity index (χ2n) is 5.46. The molecule has 0 aromatic rings. The van der Waals surface area contributed by atoms with Crippen molar-refractivity contribution in [3.05, 3.63) is 0 Å². The maximum absolute atomic E-state index is 8.95. The van der Waals surface area contributed by atoms with Crippen molar-refractivity contribution in [3.8, 4) is 0 Å². The lowest BCUT2D eigenvalue weighted by Crippen LogP contribution is -2.30. The predicted octanol–water partition coefficient (Wildman–Crippen LogP) is 2.88. The van der Waals surface area contributed by atoms with Gasteiger partial charge in [-0.1, -0.05) is 13.8 Å². The van der Waals surface area contributed by atoms with E-state index in [1.165, 1.54) is 25.0 Å². The zero-order valence-corrected chi connectivity index (χ0v) is 13.3. The molecule has 1 saturated carbocycles. The van der Waals surface area contributed by atoms with Gasteiger partial charge in [-0.2, -0.15) is 23.5 Å². The van der Waals surface area contributed by atoms with Crippen LogP contribution in [0, 0.1) is 17.8 Å². The smallest absolute Gasteiger partial charge is 0.0521 e.